The van der Waals surface area contributed by atoms with Crippen LogP contribution in [0.4, 0.5) is 0 Å². The summed E-state index contributed by atoms with van der Waals surface area (Å²) in [6, 6.07) is 5.40. The number of fused-ring (bicyclic) bond motifs is 1. The molecule has 6 nitrogen and oxygen atoms in total. The Morgan fingerprint density at radius 2 is 1.96 bits per heavy atom. The molecule has 25 heavy (non-hydrogen) atoms. The van der Waals surface area contributed by atoms with Crippen LogP contribution in [0.5, 0.6) is 0 Å². The van der Waals surface area contributed by atoms with E-state index < -0.39 is 5.56 Å². The SMILES string of the molecule is O=C(c1cnc(-c2ccccn2)[nH]c1=O)N1CC[C@@H]2CCCC[C@H]2C1. The maximum Gasteiger partial charge on any atom is 0.264 e. The minimum absolute atomic E-state index is 0.119. The Hall–Kier alpha value is -2.50. The zero-order valence-electron chi connectivity index (χ0n) is 14.1. The van der Waals surface area contributed by atoms with Gasteiger partial charge in [0.15, 0.2) is 5.82 Å². The van der Waals surface area contributed by atoms with E-state index in [-0.39, 0.29) is 11.5 Å². The smallest absolute Gasteiger partial charge is 0.264 e. The second kappa shape index (κ2) is 6.78. The number of nitrogens with one attached hydrogen (secondary N) is 1. The number of carbonyl (C=O) groups excluding carboxylic acids is 1. The minimum Gasteiger partial charge on any atom is -0.338 e. The highest BCUT2D eigenvalue weighted by molar-refractivity contribution is 5.93. The Bertz CT molecular complexity index is 818. The Labute approximate surface area is 146 Å². The van der Waals surface area contributed by atoms with Gasteiger partial charge in [0.05, 0.1) is 0 Å². The van der Waals surface area contributed by atoms with Crippen molar-refractivity contribution >= 4 is 5.91 Å². The van der Waals surface area contributed by atoms with Gasteiger partial charge in [-0.3, -0.25) is 14.6 Å². The molecule has 0 unspecified atom stereocenters. The molecule has 1 amide bonds. The minimum atomic E-state index is -0.397. The average Bonchev–Trinajstić information content (AvgIpc) is 2.67. The van der Waals surface area contributed by atoms with E-state index in [1.807, 2.05) is 11.0 Å². The molecule has 130 valence electrons. The van der Waals surface area contributed by atoms with E-state index in [0.29, 0.717) is 17.4 Å². The molecule has 1 saturated heterocycles. The summed E-state index contributed by atoms with van der Waals surface area (Å²) in [6.07, 6.45) is 9.13. The van der Waals surface area contributed by atoms with Gasteiger partial charge in [0, 0.05) is 25.5 Å². The van der Waals surface area contributed by atoms with Crippen molar-refractivity contribution in [1.82, 2.24) is 19.9 Å². The highest BCUT2D eigenvalue weighted by Gasteiger charge is 2.33. The van der Waals surface area contributed by atoms with Crippen LogP contribution in [0.25, 0.3) is 11.5 Å². The first-order valence-electron chi connectivity index (χ1n) is 9.02. The topological polar surface area (TPSA) is 79.0 Å². The number of nitrogens with zero attached hydrogens (tertiary/aromatic N) is 3. The summed E-state index contributed by atoms with van der Waals surface area (Å²) < 4.78 is 0. The molecule has 3 heterocycles. The number of aromatic amines is 1. The van der Waals surface area contributed by atoms with E-state index in [1.165, 1.54) is 31.9 Å². The number of aromatic nitrogens is 3. The monoisotopic (exact) mass is 338 g/mol. The maximum absolute atomic E-state index is 12.8. The molecular weight excluding hydrogens is 316 g/mol. The van der Waals surface area contributed by atoms with Crippen molar-refractivity contribution in [2.24, 2.45) is 11.8 Å². The predicted octanol–water partition coefficient (Wildman–Crippen LogP) is 2.48. The van der Waals surface area contributed by atoms with Crippen molar-refractivity contribution in [3.8, 4) is 11.5 Å². The lowest BCUT2D eigenvalue weighted by atomic mass is 9.75. The average molecular weight is 338 g/mol. The molecule has 2 aromatic heterocycles. The summed E-state index contributed by atoms with van der Waals surface area (Å²) in [6.45, 7) is 1.51. The number of piperidine rings is 1. The fraction of sp³-hybridized carbons (Fsp3) is 0.474. The second-order valence-corrected chi connectivity index (χ2v) is 7.03. The van der Waals surface area contributed by atoms with Crippen molar-refractivity contribution in [3.05, 3.63) is 46.5 Å². The predicted molar refractivity (Wildman–Crippen MR) is 94.1 cm³/mol. The molecule has 0 aromatic carbocycles. The summed E-state index contributed by atoms with van der Waals surface area (Å²) in [7, 11) is 0. The number of rotatable bonds is 2. The maximum atomic E-state index is 12.8. The summed E-state index contributed by atoms with van der Waals surface area (Å²) >= 11 is 0. The van der Waals surface area contributed by atoms with Crippen LogP contribution in [0.15, 0.2) is 35.4 Å². The molecule has 0 spiro atoms. The standard InChI is InChI=1S/C19H22N4O2/c24-18-15(11-21-17(22-18)16-7-3-4-9-20-16)19(25)23-10-8-13-5-1-2-6-14(13)12-23/h3-4,7,9,11,13-14H,1-2,5-6,8,10,12H2,(H,21,22,24)/t13-,14-/m0/s1. The van der Waals surface area contributed by atoms with Crippen LogP contribution in [0.2, 0.25) is 0 Å². The molecule has 1 saturated carbocycles. The van der Waals surface area contributed by atoms with Crippen LogP contribution in [0.3, 0.4) is 0 Å². The van der Waals surface area contributed by atoms with E-state index in [0.717, 1.165) is 25.4 Å². The molecule has 1 aliphatic heterocycles. The van der Waals surface area contributed by atoms with Gasteiger partial charge < -0.3 is 9.88 Å². The van der Waals surface area contributed by atoms with Gasteiger partial charge in [0.2, 0.25) is 0 Å². The first kappa shape index (κ1) is 16.0. The zero-order valence-corrected chi connectivity index (χ0v) is 14.1. The lowest BCUT2D eigenvalue weighted by Crippen LogP contribution is -2.46. The van der Waals surface area contributed by atoms with Crippen LogP contribution in [-0.4, -0.2) is 38.8 Å². The van der Waals surface area contributed by atoms with Crippen LogP contribution < -0.4 is 5.56 Å². The van der Waals surface area contributed by atoms with Crippen LogP contribution in [0, 0.1) is 11.8 Å². The number of likely N-dealkylation sites (tertiary alicyclic amines) is 1. The van der Waals surface area contributed by atoms with E-state index in [2.05, 4.69) is 15.0 Å². The van der Waals surface area contributed by atoms with Crippen molar-refractivity contribution < 1.29 is 4.79 Å². The van der Waals surface area contributed by atoms with E-state index in [9.17, 15) is 9.59 Å². The normalized spacial score (nSPS) is 23.1. The first-order valence-corrected chi connectivity index (χ1v) is 9.02. The van der Waals surface area contributed by atoms with Gasteiger partial charge in [-0.2, -0.15) is 0 Å². The largest absolute Gasteiger partial charge is 0.338 e. The number of pyridine rings is 1. The third-order valence-corrected chi connectivity index (χ3v) is 5.52. The Balaban J connectivity index is 1.53. The fourth-order valence-corrected chi connectivity index (χ4v) is 4.14. The van der Waals surface area contributed by atoms with E-state index in [1.54, 1.807) is 18.3 Å². The number of hydrogen-bond acceptors (Lipinski definition) is 4. The van der Waals surface area contributed by atoms with Crippen LogP contribution >= 0.6 is 0 Å². The van der Waals surface area contributed by atoms with Gasteiger partial charge in [-0.05, 0) is 36.8 Å². The Kier molecular flexibility index (Phi) is 4.34. The molecule has 2 atom stereocenters. The molecule has 1 N–H and O–H groups in total. The molecule has 6 heteroatoms. The quantitative estimate of drug-likeness (QED) is 0.912. The fourth-order valence-electron chi connectivity index (χ4n) is 4.14. The molecule has 0 radical (unpaired) electrons. The van der Waals surface area contributed by atoms with Crippen molar-refractivity contribution in [2.45, 2.75) is 32.1 Å². The van der Waals surface area contributed by atoms with Gasteiger partial charge in [-0.15, -0.1) is 0 Å². The molecular formula is C19H22N4O2. The second-order valence-electron chi connectivity index (χ2n) is 7.03. The molecule has 2 fully saturated rings. The van der Waals surface area contributed by atoms with E-state index in [4.69, 9.17) is 0 Å². The third-order valence-electron chi connectivity index (χ3n) is 5.52. The summed E-state index contributed by atoms with van der Waals surface area (Å²) in [4.78, 5) is 38.1. The van der Waals surface area contributed by atoms with Gasteiger partial charge in [-0.1, -0.05) is 25.3 Å². The lowest BCUT2D eigenvalue weighted by Gasteiger charge is -2.41. The number of carbonyl (C=O) groups is 1. The van der Waals surface area contributed by atoms with Crippen LogP contribution in [-0.2, 0) is 0 Å². The van der Waals surface area contributed by atoms with Crippen LogP contribution in [0.1, 0.15) is 42.5 Å². The molecule has 1 aliphatic carbocycles. The van der Waals surface area contributed by atoms with Gasteiger partial charge >= 0.3 is 0 Å². The number of hydrogen-bond donors (Lipinski definition) is 1. The summed E-state index contributed by atoms with van der Waals surface area (Å²) in [5.74, 6) is 1.52. The highest BCUT2D eigenvalue weighted by Crippen LogP contribution is 2.36. The zero-order chi connectivity index (χ0) is 17.2. The third kappa shape index (κ3) is 3.21. The summed E-state index contributed by atoms with van der Waals surface area (Å²) in [5, 5.41) is 0. The van der Waals surface area contributed by atoms with Gasteiger partial charge in [0.25, 0.3) is 11.5 Å². The van der Waals surface area contributed by atoms with Gasteiger partial charge in [-0.25, -0.2) is 4.98 Å². The van der Waals surface area contributed by atoms with E-state index >= 15 is 0 Å². The highest BCUT2D eigenvalue weighted by atomic mass is 16.2. The first-order chi connectivity index (χ1) is 12.2. The lowest BCUT2D eigenvalue weighted by molar-refractivity contribution is 0.0519. The molecule has 2 aliphatic rings. The Morgan fingerprint density at radius 3 is 2.72 bits per heavy atom. The van der Waals surface area contributed by atoms with Crippen molar-refractivity contribution in [3.63, 3.8) is 0 Å². The molecule has 0 bridgehead atoms. The number of amides is 1. The van der Waals surface area contributed by atoms with Gasteiger partial charge in [0.1, 0.15) is 11.3 Å². The molecule has 4 rings (SSSR count). The molecule has 2 aromatic rings. The van der Waals surface area contributed by atoms with Crippen molar-refractivity contribution in [1.29, 1.82) is 0 Å². The number of H-pyrrole nitrogens is 1. The summed E-state index contributed by atoms with van der Waals surface area (Å²) in [5.41, 5.74) is 0.307. The van der Waals surface area contributed by atoms with Crippen molar-refractivity contribution in [2.75, 3.05) is 13.1 Å². The Morgan fingerprint density at radius 1 is 1.12 bits per heavy atom.